The average Bonchev–Trinajstić information content (AvgIpc) is 3.59. The highest BCUT2D eigenvalue weighted by molar-refractivity contribution is 5.60. The van der Waals surface area contributed by atoms with Crippen molar-refractivity contribution in [2.45, 2.75) is 32.2 Å². The van der Waals surface area contributed by atoms with Gasteiger partial charge in [-0.3, -0.25) is 5.10 Å². The summed E-state index contributed by atoms with van der Waals surface area (Å²) in [7, 11) is 1.84. The van der Waals surface area contributed by atoms with Gasteiger partial charge in [0.2, 0.25) is 5.95 Å². The van der Waals surface area contributed by atoms with Crippen LogP contribution in [0.4, 0.5) is 23.4 Å². The van der Waals surface area contributed by atoms with Gasteiger partial charge in [0, 0.05) is 49.9 Å². The van der Waals surface area contributed by atoms with E-state index < -0.39 is 0 Å². The molecule has 4 aromatic heterocycles. The smallest absolute Gasteiger partial charge is 0.229 e. The molecule has 1 fully saturated rings. The zero-order valence-electron chi connectivity index (χ0n) is 17.9. The number of rotatable bonds is 7. The maximum Gasteiger partial charge on any atom is 0.229 e. The lowest BCUT2D eigenvalue weighted by molar-refractivity contribution is 0.362. The normalized spacial score (nSPS) is 15.8. The number of nitrogens with one attached hydrogen (secondary N) is 3. The highest BCUT2D eigenvalue weighted by atomic mass is 16.5. The van der Waals surface area contributed by atoms with E-state index in [2.05, 4.69) is 52.8 Å². The minimum Gasteiger partial charge on any atom is -0.373 e. The zero-order valence-corrected chi connectivity index (χ0v) is 17.9. The van der Waals surface area contributed by atoms with E-state index >= 15 is 0 Å². The van der Waals surface area contributed by atoms with Crippen LogP contribution in [0.25, 0.3) is 11.5 Å². The topological polar surface area (TPSA) is 134 Å². The van der Waals surface area contributed by atoms with Crippen LogP contribution in [0.3, 0.4) is 0 Å². The van der Waals surface area contributed by atoms with Crippen LogP contribution in [0.2, 0.25) is 0 Å². The van der Waals surface area contributed by atoms with Gasteiger partial charge in [-0.2, -0.15) is 15.1 Å². The summed E-state index contributed by atoms with van der Waals surface area (Å²) in [6.45, 7) is 2.89. The predicted octanol–water partition coefficient (Wildman–Crippen LogP) is 3.33. The summed E-state index contributed by atoms with van der Waals surface area (Å²) in [6.07, 6.45) is 6.17. The molecule has 1 saturated heterocycles. The number of hydrogen-bond acceptors (Lipinski definition) is 10. The van der Waals surface area contributed by atoms with Crippen molar-refractivity contribution >= 4 is 23.4 Å². The SMILES string of the molecule is CCc1cc(Nc2cc(NC)nc(N3CCCC3c3cc(-c4ncccn4)no3)n2)n[nH]1. The summed E-state index contributed by atoms with van der Waals surface area (Å²) in [5.41, 5.74) is 1.67. The fourth-order valence-corrected chi connectivity index (χ4v) is 3.78. The molecular formula is C21H24N10O. The molecule has 0 bridgehead atoms. The van der Waals surface area contributed by atoms with Crippen LogP contribution in [0.5, 0.6) is 0 Å². The summed E-state index contributed by atoms with van der Waals surface area (Å²) >= 11 is 0. The molecule has 32 heavy (non-hydrogen) atoms. The van der Waals surface area contributed by atoms with Crippen molar-refractivity contribution < 1.29 is 4.52 Å². The van der Waals surface area contributed by atoms with Gasteiger partial charge in [-0.25, -0.2) is 9.97 Å². The Morgan fingerprint density at radius 3 is 2.75 bits per heavy atom. The Labute approximate surface area is 184 Å². The number of hydrogen-bond donors (Lipinski definition) is 3. The first-order chi connectivity index (χ1) is 15.7. The van der Waals surface area contributed by atoms with E-state index in [9.17, 15) is 0 Å². The quantitative estimate of drug-likeness (QED) is 0.399. The molecule has 5 heterocycles. The van der Waals surface area contributed by atoms with Crippen LogP contribution in [0.15, 0.2) is 41.2 Å². The van der Waals surface area contributed by atoms with Gasteiger partial charge < -0.3 is 20.1 Å². The fourth-order valence-electron chi connectivity index (χ4n) is 3.78. The molecule has 0 aromatic carbocycles. The molecule has 5 rings (SSSR count). The number of aromatic nitrogens is 7. The Hall–Kier alpha value is -4.02. The number of aromatic amines is 1. The Kier molecular flexibility index (Phi) is 5.36. The number of aryl methyl sites for hydroxylation is 1. The van der Waals surface area contributed by atoms with Gasteiger partial charge >= 0.3 is 0 Å². The molecule has 4 aromatic rings. The van der Waals surface area contributed by atoms with Crippen LogP contribution in [-0.2, 0) is 6.42 Å². The van der Waals surface area contributed by atoms with Gasteiger partial charge in [0.1, 0.15) is 11.6 Å². The molecule has 1 atom stereocenters. The van der Waals surface area contributed by atoms with Crippen LogP contribution in [-0.4, -0.2) is 48.9 Å². The lowest BCUT2D eigenvalue weighted by Crippen LogP contribution is -2.25. The first-order valence-electron chi connectivity index (χ1n) is 10.6. The summed E-state index contributed by atoms with van der Waals surface area (Å²) < 4.78 is 5.68. The molecule has 11 heteroatoms. The van der Waals surface area contributed by atoms with Crippen LogP contribution >= 0.6 is 0 Å². The third-order valence-electron chi connectivity index (χ3n) is 5.40. The number of anilines is 4. The molecular weight excluding hydrogens is 408 g/mol. The Balaban J connectivity index is 1.42. The molecule has 1 aliphatic heterocycles. The summed E-state index contributed by atoms with van der Waals surface area (Å²) in [6, 6.07) is 7.48. The van der Waals surface area contributed by atoms with Gasteiger partial charge in [0.25, 0.3) is 0 Å². The molecule has 0 aliphatic carbocycles. The highest BCUT2D eigenvalue weighted by Gasteiger charge is 2.32. The molecule has 3 N–H and O–H groups in total. The molecule has 1 unspecified atom stereocenters. The molecule has 164 valence electrons. The number of nitrogens with zero attached hydrogens (tertiary/aromatic N) is 7. The standard InChI is InChI=1S/C21H24N10O/c1-3-13-10-19(29-28-13)25-18-12-17(22-2)26-21(27-18)31-9-4-6-15(31)16-11-14(30-32-16)20-23-7-5-8-24-20/h5,7-8,10-12,15H,3-4,6,9H2,1-2H3,(H3,22,25,26,27,28,29). The van der Waals surface area contributed by atoms with Crippen LogP contribution in [0.1, 0.15) is 37.3 Å². The molecule has 0 radical (unpaired) electrons. The van der Waals surface area contributed by atoms with E-state index in [0.29, 0.717) is 34.9 Å². The van der Waals surface area contributed by atoms with E-state index in [1.54, 1.807) is 18.5 Å². The Bertz CT molecular complexity index is 1190. The minimum atomic E-state index is -0.0167. The Morgan fingerprint density at radius 1 is 1.12 bits per heavy atom. The van der Waals surface area contributed by atoms with E-state index in [0.717, 1.165) is 37.3 Å². The molecule has 1 aliphatic rings. The Morgan fingerprint density at radius 2 is 1.97 bits per heavy atom. The van der Waals surface area contributed by atoms with Gasteiger partial charge in [0.15, 0.2) is 23.1 Å². The van der Waals surface area contributed by atoms with Crippen molar-refractivity contribution in [1.29, 1.82) is 0 Å². The lowest BCUT2D eigenvalue weighted by atomic mass is 10.1. The second-order valence-corrected chi connectivity index (χ2v) is 7.48. The van der Waals surface area contributed by atoms with E-state index in [1.165, 1.54) is 0 Å². The van der Waals surface area contributed by atoms with Crippen molar-refractivity contribution in [2.75, 3.05) is 29.1 Å². The van der Waals surface area contributed by atoms with Crippen molar-refractivity contribution in [2.24, 2.45) is 0 Å². The molecule has 0 spiro atoms. The van der Waals surface area contributed by atoms with Crippen molar-refractivity contribution in [3.05, 3.63) is 48.1 Å². The fraction of sp³-hybridized carbons (Fsp3) is 0.333. The minimum absolute atomic E-state index is 0.0167. The first-order valence-corrected chi connectivity index (χ1v) is 10.6. The highest BCUT2D eigenvalue weighted by Crippen LogP contribution is 2.36. The average molecular weight is 432 g/mol. The molecule has 0 amide bonds. The summed E-state index contributed by atoms with van der Waals surface area (Å²) in [4.78, 5) is 20.1. The van der Waals surface area contributed by atoms with E-state index in [1.807, 2.05) is 25.2 Å². The maximum atomic E-state index is 5.68. The molecule has 11 nitrogen and oxygen atoms in total. The zero-order chi connectivity index (χ0) is 21.9. The second-order valence-electron chi connectivity index (χ2n) is 7.48. The van der Waals surface area contributed by atoms with Gasteiger partial charge in [-0.1, -0.05) is 12.1 Å². The van der Waals surface area contributed by atoms with Gasteiger partial charge in [-0.15, -0.1) is 0 Å². The first kappa shape index (κ1) is 19.9. The third kappa shape index (κ3) is 3.96. The second kappa shape index (κ2) is 8.61. The van der Waals surface area contributed by atoms with E-state index in [4.69, 9.17) is 9.51 Å². The summed E-state index contributed by atoms with van der Waals surface area (Å²) in [5, 5.41) is 17.9. The monoisotopic (exact) mass is 432 g/mol. The third-order valence-corrected chi connectivity index (χ3v) is 5.40. The van der Waals surface area contributed by atoms with Crippen molar-refractivity contribution in [1.82, 2.24) is 35.3 Å². The predicted molar refractivity (Wildman–Crippen MR) is 120 cm³/mol. The summed E-state index contributed by atoms with van der Waals surface area (Å²) in [5.74, 6) is 3.99. The number of H-pyrrole nitrogens is 1. The lowest BCUT2D eigenvalue weighted by Gasteiger charge is -2.23. The van der Waals surface area contributed by atoms with E-state index in [-0.39, 0.29) is 6.04 Å². The van der Waals surface area contributed by atoms with Gasteiger partial charge in [0.05, 0.1) is 6.04 Å². The van der Waals surface area contributed by atoms with Crippen LogP contribution < -0.4 is 15.5 Å². The largest absolute Gasteiger partial charge is 0.373 e. The van der Waals surface area contributed by atoms with Crippen molar-refractivity contribution in [3.63, 3.8) is 0 Å². The van der Waals surface area contributed by atoms with Crippen LogP contribution in [0, 0.1) is 0 Å². The maximum absolute atomic E-state index is 5.68. The van der Waals surface area contributed by atoms with Crippen molar-refractivity contribution in [3.8, 4) is 11.5 Å². The molecule has 0 saturated carbocycles. The van der Waals surface area contributed by atoms with Gasteiger partial charge in [-0.05, 0) is 25.3 Å².